The maximum atomic E-state index is 12.9. The van der Waals surface area contributed by atoms with Crippen molar-refractivity contribution in [2.45, 2.75) is 30.6 Å². The molecule has 30 heavy (non-hydrogen) atoms. The molecule has 152 valence electrons. The monoisotopic (exact) mass is 418 g/mol. The van der Waals surface area contributed by atoms with Gasteiger partial charge in [-0.1, -0.05) is 60.3 Å². The second kappa shape index (κ2) is 7.99. The van der Waals surface area contributed by atoms with E-state index in [0.717, 1.165) is 29.0 Å². The van der Waals surface area contributed by atoms with Crippen LogP contribution >= 0.6 is 11.8 Å². The molecule has 2 aromatic carbocycles. The minimum atomic E-state index is -0.265. The lowest BCUT2D eigenvalue weighted by molar-refractivity contribution is -0.123. The van der Waals surface area contributed by atoms with E-state index in [4.69, 9.17) is 4.74 Å². The highest BCUT2D eigenvalue weighted by Gasteiger charge is 2.41. The normalized spacial score (nSPS) is 20.0. The van der Waals surface area contributed by atoms with E-state index in [0.29, 0.717) is 24.1 Å². The van der Waals surface area contributed by atoms with E-state index in [1.165, 1.54) is 11.8 Å². The molecule has 0 saturated carbocycles. The second-order valence-electron chi connectivity index (χ2n) is 7.42. The van der Waals surface area contributed by atoms with Crippen molar-refractivity contribution in [3.63, 3.8) is 0 Å². The lowest BCUT2D eigenvalue weighted by Gasteiger charge is -2.36. The fourth-order valence-electron chi connectivity index (χ4n) is 4.08. The first-order chi connectivity index (χ1) is 14.7. The third kappa shape index (κ3) is 3.50. The number of allylic oxidation sites excluding steroid dienone is 2. The summed E-state index contributed by atoms with van der Waals surface area (Å²) in [4.78, 5) is 17.4. The topological polar surface area (TPSA) is 69.0 Å². The Labute approximate surface area is 179 Å². The molecule has 5 rings (SSSR count). The van der Waals surface area contributed by atoms with Gasteiger partial charge >= 0.3 is 0 Å². The molecule has 1 aromatic heterocycles. The van der Waals surface area contributed by atoms with Gasteiger partial charge in [0, 0.05) is 12.1 Å². The Bertz CT molecular complexity index is 1090. The van der Waals surface area contributed by atoms with Gasteiger partial charge in [-0.25, -0.2) is 4.68 Å². The van der Waals surface area contributed by atoms with Crippen LogP contribution in [-0.4, -0.2) is 26.8 Å². The Morgan fingerprint density at radius 1 is 1.17 bits per heavy atom. The molecule has 1 N–H and O–H groups in total. The van der Waals surface area contributed by atoms with Gasteiger partial charge in [0.25, 0.3) is 0 Å². The predicted octanol–water partition coefficient (Wildman–Crippen LogP) is 4.46. The van der Waals surface area contributed by atoms with Crippen LogP contribution in [0.25, 0.3) is 0 Å². The van der Waals surface area contributed by atoms with E-state index in [1.807, 2.05) is 65.5 Å². The molecule has 7 heteroatoms. The molecule has 0 saturated heterocycles. The van der Waals surface area contributed by atoms with Crippen molar-refractivity contribution < 1.29 is 9.53 Å². The maximum Gasteiger partial charge on any atom is 0.227 e. The van der Waals surface area contributed by atoms with Crippen LogP contribution in [0.15, 0.2) is 71.5 Å². The summed E-state index contributed by atoms with van der Waals surface area (Å²) in [6, 6.07) is 17.9. The number of rotatable bonds is 5. The Morgan fingerprint density at radius 3 is 2.73 bits per heavy atom. The zero-order valence-electron chi connectivity index (χ0n) is 16.6. The van der Waals surface area contributed by atoms with Crippen LogP contribution in [-0.2, 0) is 11.4 Å². The average Bonchev–Trinajstić information content (AvgIpc) is 3.20. The molecule has 1 aliphatic carbocycles. The largest absolute Gasteiger partial charge is 0.489 e. The highest BCUT2D eigenvalue weighted by molar-refractivity contribution is 7.98. The number of ether oxygens (including phenoxy) is 1. The van der Waals surface area contributed by atoms with Crippen LogP contribution < -0.4 is 10.1 Å². The SMILES string of the molecule is CSc1nc2n(n1)[C@@H](c1ccc(OCc3ccccc3)cc1)[C@@H]1C(=O)CCC=C1N2. The number of nitrogens with zero attached hydrogens (tertiary/aromatic N) is 3. The molecule has 3 aromatic rings. The van der Waals surface area contributed by atoms with Crippen molar-refractivity contribution in [2.24, 2.45) is 5.92 Å². The number of nitrogens with one attached hydrogen (secondary N) is 1. The molecule has 0 spiro atoms. The minimum absolute atomic E-state index is 0.211. The molecule has 0 fully saturated rings. The smallest absolute Gasteiger partial charge is 0.227 e. The number of thioether (sulfide) groups is 1. The van der Waals surface area contributed by atoms with Gasteiger partial charge in [0.2, 0.25) is 11.1 Å². The van der Waals surface area contributed by atoms with E-state index < -0.39 is 0 Å². The van der Waals surface area contributed by atoms with Gasteiger partial charge in [0.15, 0.2) is 0 Å². The summed E-state index contributed by atoms with van der Waals surface area (Å²) >= 11 is 1.49. The zero-order chi connectivity index (χ0) is 20.5. The third-order valence-electron chi connectivity index (χ3n) is 5.54. The number of carbonyl (C=O) groups excluding carboxylic acids is 1. The van der Waals surface area contributed by atoms with Crippen molar-refractivity contribution in [3.05, 3.63) is 77.5 Å². The molecular weight excluding hydrogens is 396 g/mol. The van der Waals surface area contributed by atoms with Crippen molar-refractivity contribution in [1.82, 2.24) is 14.8 Å². The Balaban J connectivity index is 1.45. The first-order valence-electron chi connectivity index (χ1n) is 10.00. The van der Waals surface area contributed by atoms with E-state index in [-0.39, 0.29) is 17.7 Å². The molecule has 0 radical (unpaired) electrons. The van der Waals surface area contributed by atoms with Crippen LogP contribution in [0.5, 0.6) is 5.75 Å². The predicted molar refractivity (Wildman–Crippen MR) is 117 cm³/mol. The number of hydrogen-bond acceptors (Lipinski definition) is 6. The third-order valence-corrected chi connectivity index (χ3v) is 6.07. The number of benzene rings is 2. The van der Waals surface area contributed by atoms with Gasteiger partial charge in [-0.3, -0.25) is 4.79 Å². The quantitative estimate of drug-likeness (QED) is 0.617. The van der Waals surface area contributed by atoms with E-state index >= 15 is 0 Å². The van der Waals surface area contributed by atoms with Crippen LogP contribution in [0.1, 0.15) is 30.0 Å². The number of ketones is 1. The molecular formula is C23H22N4O2S. The Hall–Kier alpha value is -3.06. The first-order valence-corrected chi connectivity index (χ1v) is 11.2. The average molecular weight is 419 g/mol. The molecule has 2 aliphatic rings. The molecule has 2 atom stereocenters. The lowest BCUT2D eigenvalue weighted by atomic mass is 9.81. The molecule has 1 aliphatic heterocycles. The van der Waals surface area contributed by atoms with Gasteiger partial charge in [-0.05, 0) is 35.9 Å². The fourth-order valence-corrected chi connectivity index (χ4v) is 4.42. The first kappa shape index (κ1) is 18.9. The number of hydrogen-bond donors (Lipinski definition) is 1. The summed E-state index contributed by atoms with van der Waals surface area (Å²) in [5, 5.41) is 8.66. The van der Waals surface area contributed by atoms with Gasteiger partial charge in [-0.2, -0.15) is 4.98 Å². The molecule has 0 amide bonds. The van der Waals surface area contributed by atoms with Crippen molar-refractivity contribution in [2.75, 3.05) is 11.6 Å². The number of carbonyl (C=O) groups is 1. The molecule has 0 bridgehead atoms. The van der Waals surface area contributed by atoms with Gasteiger partial charge in [0.05, 0.1) is 12.0 Å². The zero-order valence-corrected chi connectivity index (χ0v) is 17.4. The molecule has 6 nitrogen and oxygen atoms in total. The van der Waals surface area contributed by atoms with Crippen molar-refractivity contribution in [1.29, 1.82) is 0 Å². The highest BCUT2D eigenvalue weighted by Crippen LogP contribution is 2.42. The standard InChI is InChI=1S/C23H22N4O2S/c1-30-23-25-22-24-18-8-5-9-19(28)20(18)21(27(22)26-23)16-10-12-17(13-11-16)29-14-15-6-3-2-4-7-15/h2-4,6-8,10-13,20-21H,5,9,14H2,1H3,(H,24,25,26)/t20-,21-/m0/s1. The summed E-state index contributed by atoms with van der Waals surface area (Å²) in [5.74, 6) is 1.46. The second-order valence-corrected chi connectivity index (χ2v) is 8.20. The van der Waals surface area contributed by atoms with Crippen LogP contribution in [0.2, 0.25) is 0 Å². The maximum absolute atomic E-state index is 12.9. The van der Waals surface area contributed by atoms with E-state index in [1.54, 1.807) is 0 Å². The van der Waals surface area contributed by atoms with Crippen LogP contribution in [0, 0.1) is 5.92 Å². The van der Waals surface area contributed by atoms with Gasteiger partial charge in [-0.15, -0.1) is 5.10 Å². The number of anilines is 1. The van der Waals surface area contributed by atoms with Gasteiger partial charge < -0.3 is 10.1 Å². The lowest BCUT2D eigenvalue weighted by Crippen LogP contribution is -2.38. The summed E-state index contributed by atoms with van der Waals surface area (Å²) in [7, 11) is 0. The number of fused-ring (bicyclic) bond motifs is 2. The van der Waals surface area contributed by atoms with Crippen LogP contribution in [0.4, 0.5) is 5.95 Å². The van der Waals surface area contributed by atoms with Crippen molar-refractivity contribution >= 4 is 23.5 Å². The Kier molecular flexibility index (Phi) is 5.04. The van der Waals surface area contributed by atoms with E-state index in [2.05, 4.69) is 21.5 Å². The number of aromatic nitrogens is 3. The highest BCUT2D eigenvalue weighted by atomic mass is 32.2. The fraction of sp³-hybridized carbons (Fsp3) is 0.261. The van der Waals surface area contributed by atoms with Crippen LogP contribution in [0.3, 0.4) is 0 Å². The van der Waals surface area contributed by atoms with Gasteiger partial charge in [0.1, 0.15) is 18.1 Å². The number of Topliss-reactive ketones (excluding diaryl/α,β-unsaturated/α-hetero) is 1. The molecule has 2 heterocycles. The minimum Gasteiger partial charge on any atom is -0.489 e. The summed E-state index contributed by atoms with van der Waals surface area (Å²) in [5.41, 5.74) is 3.08. The van der Waals surface area contributed by atoms with E-state index in [9.17, 15) is 4.79 Å². The Morgan fingerprint density at radius 2 is 1.97 bits per heavy atom. The molecule has 0 unspecified atom stereocenters. The summed E-state index contributed by atoms with van der Waals surface area (Å²) < 4.78 is 7.78. The summed E-state index contributed by atoms with van der Waals surface area (Å²) in [6.45, 7) is 0.520. The van der Waals surface area contributed by atoms with Crippen molar-refractivity contribution in [3.8, 4) is 5.75 Å². The summed E-state index contributed by atoms with van der Waals surface area (Å²) in [6.07, 6.45) is 5.39.